The number of anilines is 1. The summed E-state index contributed by atoms with van der Waals surface area (Å²) in [6, 6.07) is 10.7. The van der Waals surface area contributed by atoms with Crippen molar-refractivity contribution in [2.45, 2.75) is 13.0 Å². The highest BCUT2D eigenvalue weighted by Crippen LogP contribution is 2.20. The maximum absolute atomic E-state index is 13.7. The van der Waals surface area contributed by atoms with Gasteiger partial charge in [0.15, 0.2) is 5.82 Å². The second kappa shape index (κ2) is 7.08. The van der Waals surface area contributed by atoms with E-state index in [0.29, 0.717) is 17.7 Å². The van der Waals surface area contributed by atoms with Crippen LogP contribution in [0.2, 0.25) is 0 Å². The van der Waals surface area contributed by atoms with E-state index in [-0.39, 0.29) is 5.69 Å². The van der Waals surface area contributed by atoms with Crippen LogP contribution in [0.25, 0.3) is 0 Å². The molecule has 25 heavy (non-hydrogen) atoms. The number of carbonyl (C=O) groups excluding carboxylic acids is 1. The molecule has 0 saturated heterocycles. The first-order valence-electron chi connectivity index (χ1n) is 7.49. The van der Waals surface area contributed by atoms with Crippen LogP contribution in [-0.4, -0.2) is 21.2 Å². The number of rotatable bonds is 4. The molecule has 0 radical (unpaired) electrons. The Labute approximate surface area is 142 Å². The highest BCUT2D eigenvalue weighted by Gasteiger charge is 2.21. The lowest BCUT2D eigenvalue weighted by Gasteiger charge is -2.17. The standard InChI is InChI=1S/C17H15F2N5O/c1-10-20-16(24-23-10)15(11-5-3-2-4-6-11)22-17(25)21-14-8-7-12(18)9-13(14)19/h2-9,15H,1H3,(H,20,23,24)(H2,21,22,25). The summed E-state index contributed by atoms with van der Waals surface area (Å²) in [7, 11) is 0. The molecular weight excluding hydrogens is 328 g/mol. The predicted octanol–water partition coefficient (Wildman–Crippen LogP) is 3.30. The van der Waals surface area contributed by atoms with Gasteiger partial charge in [-0.2, -0.15) is 5.10 Å². The Bertz CT molecular complexity index is 882. The monoisotopic (exact) mass is 343 g/mol. The molecule has 0 aliphatic carbocycles. The van der Waals surface area contributed by atoms with E-state index in [1.54, 1.807) is 6.92 Å². The van der Waals surface area contributed by atoms with Crippen molar-refractivity contribution in [1.29, 1.82) is 0 Å². The number of amides is 2. The molecule has 3 rings (SSSR count). The quantitative estimate of drug-likeness (QED) is 0.680. The van der Waals surface area contributed by atoms with Crippen LogP contribution in [0.5, 0.6) is 0 Å². The zero-order valence-corrected chi connectivity index (χ0v) is 13.3. The van der Waals surface area contributed by atoms with Crippen LogP contribution in [0.15, 0.2) is 48.5 Å². The molecule has 2 amide bonds. The summed E-state index contributed by atoms with van der Waals surface area (Å²) in [4.78, 5) is 16.5. The average Bonchev–Trinajstić information content (AvgIpc) is 3.02. The van der Waals surface area contributed by atoms with E-state index in [0.717, 1.165) is 17.7 Å². The summed E-state index contributed by atoms with van der Waals surface area (Å²) < 4.78 is 26.6. The lowest BCUT2D eigenvalue weighted by Crippen LogP contribution is -2.34. The minimum Gasteiger partial charge on any atom is -0.324 e. The Kier molecular flexibility index (Phi) is 4.69. The van der Waals surface area contributed by atoms with E-state index < -0.39 is 23.7 Å². The summed E-state index contributed by atoms with van der Waals surface area (Å²) in [5, 5.41) is 11.9. The Morgan fingerprint density at radius 1 is 1.16 bits per heavy atom. The van der Waals surface area contributed by atoms with Crippen molar-refractivity contribution in [2.24, 2.45) is 0 Å². The Morgan fingerprint density at radius 3 is 2.56 bits per heavy atom. The van der Waals surface area contributed by atoms with Crippen molar-refractivity contribution >= 4 is 11.7 Å². The van der Waals surface area contributed by atoms with E-state index in [1.807, 2.05) is 30.3 Å². The van der Waals surface area contributed by atoms with Crippen molar-refractivity contribution in [3.8, 4) is 0 Å². The van der Waals surface area contributed by atoms with Crippen LogP contribution >= 0.6 is 0 Å². The SMILES string of the molecule is Cc1nc(C(NC(=O)Nc2ccc(F)cc2F)c2ccccc2)n[nH]1. The number of nitrogens with zero attached hydrogens (tertiary/aromatic N) is 2. The summed E-state index contributed by atoms with van der Waals surface area (Å²) in [6.45, 7) is 1.74. The number of nitrogens with one attached hydrogen (secondary N) is 3. The number of benzene rings is 2. The molecule has 1 heterocycles. The number of aryl methyl sites for hydroxylation is 1. The lowest BCUT2D eigenvalue weighted by atomic mass is 10.1. The predicted molar refractivity (Wildman–Crippen MR) is 87.9 cm³/mol. The van der Waals surface area contributed by atoms with E-state index in [1.165, 1.54) is 0 Å². The largest absolute Gasteiger partial charge is 0.324 e. The first kappa shape index (κ1) is 16.6. The third kappa shape index (κ3) is 3.97. The van der Waals surface area contributed by atoms with Crippen molar-refractivity contribution in [3.63, 3.8) is 0 Å². The second-order valence-electron chi connectivity index (χ2n) is 5.35. The summed E-state index contributed by atoms with van der Waals surface area (Å²) in [5.74, 6) is -0.608. The van der Waals surface area contributed by atoms with E-state index >= 15 is 0 Å². The molecule has 6 nitrogen and oxygen atoms in total. The number of H-pyrrole nitrogens is 1. The Hall–Kier alpha value is -3.29. The number of aromatic nitrogens is 3. The molecule has 1 unspecified atom stereocenters. The molecule has 0 aliphatic heterocycles. The van der Waals surface area contributed by atoms with Gasteiger partial charge in [0.1, 0.15) is 23.5 Å². The molecule has 1 atom stereocenters. The average molecular weight is 343 g/mol. The molecule has 3 aromatic rings. The normalized spacial score (nSPS) is 11.8. The zero-order chi connectivity index (χ0) is 17.8. The second-order valence-corrected chi connectivity index (χ2v) is 5.35. The molecule has 0 fully saturated rings. The maximum Gasteiger partial charge on any atom is 0.320 e. The van der Waals surface area contributed by atoms with Gasteiger partial charge in [0.25, 0.3) is 0 Å². The van der Waals surface area contributed by atoms with E-state index in [9.17, 15) is 13.6 Å². The fraction of sp³-hybridized carbons (Fsp3) is 0.118. The first-order valence-corrected chi connectivity index (χ1v) is 7.49. The number of carbonyl (C=O) groups is 1. The van der Waals surface area contributed by atoms with Gasteiger partial charge in [-0.3, -0.25) is 5.10 Å². The van der Waals surface area contributed by atoms with Gasteiger partial charge in [0.2, 0.25) is 0 Å². The van der Waals surface area contributed by atoms with Crippen LogP contribution < -0.4 is 10.6 Å². The van der Waals surface area contributed by atoms with Gasteiger partial charge in [0, 0.05) is 6.07 Å². The summed E-state index contributed by atoms with van der Waals surface area (Å²) >= 11 is 0. The van der Waals surface area contributed by atoms with Gasteiger partial charge in [-0.05, 0) is 24.6 Å². The number of urea groups is 1. The van der Waals surface area contributed by atoms with Crippen molar-refractivity contribution in [2.75, 3.05) is 5.32 Å². The van der Waals surface area contributed by atoms with Crippen LogP contribution in [0, 0.1) is 18.6 Å². The zero-order valence-electron chi connectivity index (χ0n) is 13.3. The molecule has 1 aromatic heterocycles. The molecule has 2 aromatic carbocycles. The smallest absolute Gasteiger partial charge is 0.320 e. The highest BCUT2D eigenvalue weighted by atomic mass is 19.1. The molecular formula is C17H15F2N5O. The van der Waals surface area contributed by atoms with Crippen LogP contribution in [-0.2, 0) is 0 Å². The van der Waals surface area contributed by atoms with Gasteiger partial charge in [-0.15, -0.1) is 0 Å². The number of aromatic amines is 1. The molecule has 8 heteroatoms. The van der Waals surface area contributed by atoms with Gasteiger partial charge < -0.3 is 10.6 Å². The van der Waals surface area contributed by atoms with E-state index in [4.69, 9.17) is 0 Å². The lowest BCUT2D eigenvalue weighted by molar-refractivity contribution is 0.249. The van der Waals surface area contributed by atoms with Gasteiger partial charge in [-0.1, -0.05) is 30.3 Å². The minimum atomic E-state index is -0.861. The topological polar surface area (TPSA) is 82.7 Å². The molecule has 0 aliphatic rings. The van der Waals surface area contributed by atoms with Gasteiger partial charge >= 0.3 is 6.03 Å². The van der Waals surface area contributed by atoms with E-state index in [2.05, 4.69) is 25.8 Å². The first-order chi connectivity index (χ1) is 12.0. The van der Waals surface area contributed by atoms with Crippen LogP contribution in [0.3, 0.4) is 0 Å². The number of hydrogen-bond donors (Lipinski definition) is 3. The molecule has 0 saturated carbocycles. The van der Waals surface area contributed by atoms with Crippen molar-refractivity contribution in [3.05, 3.63) is 77.4 Å². The Morgan fingerprint density at radius 2 is 1.92 bits per heavy atom. The number of hydrogen-bond acceptors (Lipinski definition) is 3. The fourth-order valence-corrected chi connectivity index (χ4v) is 2.31. The summed E-state index contributed by atoms with van der Waals surface area (Å²) in [5.41, 5.74) is 0.633. The van der Waals surface area contributed by atoms with Gasteiger partial charge in [0.05, 0.1) is 5.69 Å². The third-order valence-corrected chi connectivity index (χ3v) is 3.46. The van der Waals surface area contributed by atoms with Gasteiger partial charge in [-0.25, -0.2) is 18.6 Å². The molecule has 3 N–H and O–H groups in total. The molecule has 0 bridgehead atoms. The van der Waals surface area contributed by atoms with Crippen molar-refractivity contribution in [1.82, 2.24) is 20.5 Å². The van der Waals surface area contributed by atoms with Crippen LogP contribution in [0.1, 0.15) is 23.3 Å². The molecule has 128 valence electrons. The fourth-order valence-electron chi connectivity index (χ4n) is 2.31. The minimum absolute atomic E-state index is 0.128. The molecule has 0 spiro atoms. The van der Waals surface area contributed by atoms with Crippen molar-refractivity contribution < 1.29 is 13.6 Å². The Balaban J connectivity index is 1.81. The van der Waals surface area contributed by atoms with Crippen LogP contribution in [0.4, 0.5) is 19.3 Å². The summed E-state index contributed by atoms with van der Waals surface area (Å²) in [6.07, 6.45) is 0. The highest BCUT2D eigenvalue weighted by molar-refractivity contribution is 5.89. The number of halogens is 2. The maximum atomic E-state index is 13.7. The third-order valence-electron chi connectivity index (χ3n) is 3.46.